The van der Waals surface area contributed by atoms with Gasteiger partial charge in [0, 0.05) is 31.0 Å². The number of hydrogen-bond acceptors (Lipinski definition) is 3. The molecular weight excluding hydrogens is 276 g/mol. The van der Waals surface area contributed by atoms with Crippen molar-refractivity contribution in [1.29, 1.82) is 0 Å². The first kappa shape index (κ1) is 15.4. The van der Waals surface area contributed by atoms with Crippen LogP contribution in [0.25, 0.3) is 0 Å². The van der Waals surface area contributed by atoms with Crippen LogP contribution in [-0.2, 0) is 19.6 Å². The first-order chi connectivity index (χ1) is 8.67. The average Bonchev–Trinajstić information content (AvgIpc) is 2.94. The van der Waals surface area contributed by atoms with Crippen LogP contribution >= 0.6 is 12.4 Å². The number of aryl methyl sites for hydroxylation is 1. The molecule has 2 rings (SSSR count). The normalized spacial score (nSPS) is 10.5. The SMILES string of the molecule is CCn1cc(CNc2cnn(CC(F)F)c2)cn1.Cl. The summed E-state index contributed by atoms with van der Waals surface area (Å²) in [5, 5.41) is 11.1. The van der Waals surface area contributed by atoms with E-state index in [1.165, 1.54) is 10.9 Å². The highest BCUT2D eigenvalue weighted by Gasteiger charge is 2.05. The van der Waals surface area contributed by atoms with E-state index in [1.54, 1.807) is 12.4 Å². The third-order valence-electron chi connectivity index (χ3n) is 2.47. The molecule has 0 amide bonds. The van der Waals surface area contributed by atoms with E-state index < -0.39 is 6.43 Å². The van der Waals surface area contributed by atoms with Crippen molar-refractivity contribution in [2.75, 3.05) is 5.32 Å². The fourth-order valence-corrected chi connectivity index (χ4v) is 1.57. The number of aromatic nitrogens is 4. The van der Waals surface area contributed by atoms with Gasteiger partial charge in [0.15, 0.2) is 0 Å². The number of rotatable bonds is 6. The van der Waals surface area contributed by atoms with Gasteiger partial charge in [-0.1, -0.05) is 0 Å². The van der Waals surface area contributed by atoms with Gasteiger partial charge < -0.3 is 5.32 Å². The summed E-state index contributed by atoms with van der Waals surface area (Å²) in [6.45, 7) is 3.06. The molecule has 0 saturated carbocycles. The van der Waals surface area contributed by atoms with Crippen molar-refractivity contribution in [3.8, 4) is 0 Å². The summed E-state index contributed by atoms with van der Waals surface area (Å²) in [4.78, 5) is 0. The van der Waals surface area contributed by atoms with Crippen molar-refractivity contribution in [1.82, 2.24) is 19.6 Å². The van der Waals surface area contributed by atoms with Crippen molar-refractivity contribution in [3.63, 3.8) is 0 Å². The van der Waals surface area contributed by atoms with E-state index in [2.05, 4.69) is 15.5 Å². The van der Waals surface area contributed by atoms with Gasteiger partial charge in [-0.2, -0.15) is 10.2 Å². The monoisotopic (exact) mass is 291 g/mol. The van der Waals surface area contributed by atoms with Crippen LogP contribution in [-0.4, -0.2) is 26.0 Å². The van der Waals surface area contributed by atoms with Crippen LogP contribution < -0.4 is 5.32 Å². The minimum absolute atomic E-state index is 0. The smallest absolute Gasteiger partial charge is 0.257 e. The predicted octanol–water partition coefficient (Wildman–Crippen LogP) is 2.40. The summed E-state index contributed by atoms with van der Waals surface area (Å²) < 4.78 is 27.3. The molecule has 0 bridgehead atoms. The quantitative estimate of drug-likeness (QED) is 0.889. The van der Waals surface area contributed by atoms with Gasteiger partial charge in [-0.25, -0.2) is 8.78 Å². The van der Waals surface area contributed by atoms with E-state index in [0.717, 1.165) is 17.8 Å². The lowest BCUT2D eigenvalue weighted by molar-refractivity contribution is 0.122. The zero-order chi connectivity index (χ0) is 13.0. The Kier molecular flexibility index (Phi) is 5.75. The molecule has 0 aliphatic rings. The largest absolute Gasteiger partial charge is 0.378 e. The van der Waals surface area contributed by atoms with Gasteiger partial charge in [-0.05, 0) is 6.92 Å². The lowest BCUT2D eigenvalue weighted by atomic mass is 10.3. The fourth-order valence-electron chi connectivity index (χ4n) is 1.57. The third-order valence-corrected chi connectivity index (χ3v) is 2.47. The number of nitrogens with one attached hydrogen (secondary N) is 1. The maximum Gasteiger partial charge on any atom is 0.257 e. The molecule has 0 unspecified atom stereocenters. The molecule has 0 aliphatic carbocycles. The van der Waals surface area contributed by atoms with E-state index in [0.29, 0.717) is 6.54 Å². The van der Waals surface area contributed by atoms with Crippen LogP contribution in [0.4, 0.5) is 14.5 Å². The topological polar surface area (TPSA) is 47.7 Å². The summed E-state index contributed by atoms with van der Waals surface area (Å²) >= 11 is 0. The van der Waals surface area contributed by atoms with Gasteiger partial charge in [0.25, 0.3) is 6.43 Å². The van der Waals surface area contributed by atoms with Gasteiger partial charge in [0.05, 0.1) is 18.1 Å². The maximum atomic E-state index is 12.1. The Bertz CT molecular complexity index is 497. The zero-order valence-corrected chi connectivity index (χ0v) is 11.3. The van der Waals surface area contributed by atoms with E-state index in [4.69, 9.17) is 0 Å². The molecule has 1 N–H and O–H groups in total. The summed E-state index contributed by atoms with van der Waals surface area (Å²) in [5.41, 5.74) is 1.76. The second kappa shape index (κ2) is 7.08. The molecule has 2 aromatic rings. The molecule has 0 aliphatic heterocycles. The Balaban J connectivity index is 0.00000180. The van der Waals surface area contributed by atoms with E-state index in [9.17, 15) is 8.78 Å². The third kappa shape index (κ3) is 4.51. The number of anilines is 1. The van der Waals surface area contributed by atoms with Gasteiger partial charge in [0.2, 0.25) is 0 Å². The van der Waals surface area contributed by atoms with Gasteiger partial charge in [-0.15, -0.1) is 12.4 Å². The van der Waals surface area contributed by atoms with Gasteiger partial charge in [-0.3, -0.25) is 9.36 Å². The highest BCUT2D eigenvalue weighted by atomic mass is 35.5. The maximum absolute atomic E-state index is 12.1. The number of nitrogens with zero attached hydrogens (tertiary/aromatic N) is 4. The van der Waals surface area contributed by atoms with Crippen molar-refractivity contribution < 1.29 is 8.78 Å². The first-order valence-electron chi connectivity index (χ1n) is 5.73. The van der Waals surface area contributed by atoms with Gasteiger partial charge in [0.1, 0.15) is 6.54 Å². The van der Waals surface area contributed by atoms with Crippen LogP contribution in [0.5, 0.6) is 0 Å². The molecule has 0 saturated heterocycles. The van der Waals surface area contributed by atoms with Crippen LogP contribution in [0, 0.1) is 0 Å². The lowest BCUT2D eigenvalue weighted by Crippen LogP contribution is -2.06. The molecule has 2 aromatic heterocycles. The van der Waals surface area contributed by atoms with Gasteiger partial charge >= 0.3 is 0 Å². The Hall–Kier alpha value is -1.63. The van der Waals surface area contributed by atoms with E-state index in [1.807, 2.05) is 17.8 Å². The molecule has 106 valence electrons. The lowest BCUT2D eigenvalue weighted by Gasteiger charge is -2.00. The molecule has 0 aromatic carbocycles. The van der Waals surface area contributed by atoms with E-state index >= 15 is 0 Å². The van der Waals surface area contributed by atoms with Crippen molar-refractivity contribution in [3.05, 3.63) is 30.4 Å². The van der Waals surface area contributed by atoms with Crippen LogP contribution in [0.3, 0.4) is 0 Å². The number of halogens is 3. The first-order valence-corrected chi connectivity index (χ1v) is 5.73. The second-order valence-corrected chi connectivity index (χ2v) is 3.90. The molecule has 5 nitrogen and oxygen atoms in total. The Morgan fingerprint density at radius 1 is 1.21 bits per heavy atom. The minimum atomic E-state index is -2.39. The van der Waals surface area contributed by atoms with E-state index in [-0.39, 0.29) is 19.0 Å². The summed E-state index contributed by atoms with van der Waals surface area (Å²) in [5.74, 6) is 0. The predicted molar refractivity (Wildman–Crippen MR) is 70.7 cm³/mol. The second-order valence-electron chi connectivity index (χ2n) is 3.90. The molecule has 0 atom stereocenters. The Morgan fingerprint density at radius 2 is 1.95 bits per heavy atom. The summed E-state index contributed by atoms with van der Waals surface area (Å²) in [6, 6.07) is 0. The standard InChI is InChI=1S/C11H15F2N5.ClH/c1-2-17-6-9(4-15-17)3-14-10-5-16-18(7-10)8-11(12)13;/h4-7,11,14H,2-3,8H2,1H3;1H. The van der Waals surface area contributed by atoms with Crippen LogP contribution in [0.1, 0.15) is 12.5 Å². The van der Waals surface area contributed by atoms with Crippen molar-refractivity contribution in [2.45, 2.75) is 33.0 Å². The molecule has 2 heterocycles. The number of hydrogen-bond donors (Lipinski definition) is 1. The average molecular weight is 292 g/mol. The highest BCUT2D eigenvalue weighted by Crippen LogP contribution is 2.09. The molecule has 0 radical (unpaired) electrons. The Labute approximate surface area is 116 Å². The Morgan fingerprint density at radius 3 is 2.58 bits per heavy atom. The fraction of sp³-hybridized carbons (Fsp3) is 0.455. The number of alkyl halides is 2. The van der Waals surface area contributed by atoms with Crippen molar-refractivity contribution >= 4 is 18.1 Å². The molecule has 19 heavy (non-hydrogen) atoms. The summed E-state index contributed by atoms with van der Waals surface area (Å²) in [6.07, 6.45) is 4.43. The zero-order valence-electron chi connectivity index (χ0n) is 10.5. The van der Waals surface area contributed by atoms with Crippen LogP contribution in [0.2, 0.25) is 0 Å². The van der Waals surface area contributed by atoms with Crippen LogP contribution in [0.15, 0.2) is 24.8 Å². The molecular formula is C11H16ClF2N5. The summed E-state index contributed by atoms with van der Waals surface area (Å²) in [7, 11) is 0. The molecule has 0 fully saturated rings. The molecule has 0 spiro atoms. The van der Waals surface area contributed by atoms with Crippen molar-refractivity contribution in [2.24, 2.45) is 0 Å². The minimum Gasteiger partial charge on any atom is -0.378 e. The highest BCUT2D eigenvalue weighted by molar-refractivity contribution is 5.85. The molecule has 8 heteroatoms.